The second-order valence-corrected chi connectivity index (χ2v) is 6.32. The summed E-state index contributed by atoms with van der Waals surface area (Å²) in [5.74, 6) is 0.661. The summed E-state index contributed by atoms with van der Waals surface area (Å²) in [4.78, 5) is 18.4. The fourth-order valence-electron chi connectivity index (χ4n) is 1.85. The van der Waals surface area contributed by atoms with Crippen LogP contribution in [0.15, 0.2) is 23.4 Å². The van der Waals surface area contributed by atoms with Crippen molar-refractivity contribution in [1.82, 2.24) is 9.88 Å². The van der Waals surface area contributed by atoms with Crippen LogP contribution in [-0.2, 0) is 4.74 Å². The first kappa shape index (κ1) is 15.0. The number of amides is 1. The number of hydrogen-bond donors (Lipinski definition) is 1. The van der Waals surface area contributed by atoms with Gasteiger partial charge >= 0.3 is 6.09 Å². The van der Waals surface area contributed by atoms with Crippen LogP contribution in [-0.4, -0.2) is 40.8 Å². The lowest BCUT2D eigenvalue weighted by Gasteiger charge is -2.40. The minimum Gasteiger partial charge on any atom is -0.490 e. The van der Waals surface area contributed by atoms with Crippen LogP contribution >= 0.6 is 12.6 Å². The molecule has 1 aromatic heterocycles. The molecule has 2 rings (SSSR count). The molecule has 1 amide bonds. The molecular weight excluding hydrogens is 276 g/mol. The van der Waals surface area contributed by atoms with Crippen LogP contribution < -0.4 is 4.74 Å². The molecule has 1 aromatic rings. The lowest BCUT2D eigenvalue weighted by Crippen LogP contribution is -2.55. The van der Waals surface area contributed by atoms with Crippen molar-refractivity contribution in [2.75, 3.05) is 13.2 Å². The maximum Gasteiger partial charge on any atom is 0.410 e. The highest BCUT2D eigenvalue weighted by Gasteiger charge is 2.35. The Kier molecular flexibility index (Phi) is 4.42. The molecule has 0 aliphatic carbocycles. The number of nitrogens with zero attached hydrogens (tertiary/aromatic N) is 2. The summed E-state index contributed by atoms with van der Waals surface area (Å²) < 4.78 is 11.0. The smallest absolute Gasteiger partial charge is 0.410 e. The van der Waals surface area contributed by atoms with E-state index in [0.717, 1.165) is 11.3 Å². The first-order chi connectivity index (χ1) is 9.35. The van der Waals surface area contributed by atoms with E-state index in [9.17, 15) is 4.79 Å². The maximum absolute atomic E-state index is 11.9. The average molecular weight is 296 g/mol. The lowest BCUT2D eigenvalue weighted by molar-refractivity contribution is -0.0141. The van der Waals surface area contributed by atoms with Crippen molar-refractivity contribution in [2.45, 2.75) is 43.7 Å². The molecular formula is C14H20N2O3S. The van der Waals surface area contributed by atoms with E-state index in [1.165, 1.54) is 0 Å². The van der Waals surface area contributed by atoms with Gasteiger partial charge in [-0.05, 0) is 33.3 Å². The molecule has 0 bridgehead atoms. The third-order valence-corrected chi connectivity index (χ3v) is 3.16. The summed E-state index contributed by atoms with van der Waals surface area (Å²) in [5, 5.41) is 0. The van der Waals surface area contributed by atoms with Crippen molar-refractivity contribution in [3.63, 3.8) is 0 Å². The largest absolute Gasteiger partial charge is 0.490 e. The molecule has 0 saturated carbocycles. The van der Waals surface area contributed by atoms with Gasteiger partial charge < -0.3 is 14.4 Å². The molecule has 1 aliphatic rings. The summed E-state index contributed by atoms with van der Waals surface area (Å²) in [5.41, 5.74) is -0.470. The molecule has 1 aliphatic heterocycles. The Labute approximate surface area is 124 Å². The highest BCUT2D eigenvalue weighted by atomic mass is 32.1. The van der Waals surface area contributed by atoms with E-state index in [2.05, 4.69) is 17.6 Å². The van der Waals surface area contributed by atoms with Gasteiger partial charge in [0.15, 0.2) is 0 Å². The Morgan fingerprint density at radius 3 is 2.80 bits per heavy atom. The highest BCUT2D eigenvalue weighted by Crippen LogP contribution is 2.22. The maximum atomic E-state index is 11.9. The van der Waals surface area contributed by atoms with Crippen molar-refractivity contribution in [3.8, 4) is 5.75 Å². The van der Waals surface area contributed by atoms with Crippen molar-refractivity contribution >= 4 is 18.7 Å². The normalized spacial score (nSPS) is 18.4. The molecule has 0 spiro atoms. The minimum absolute atomic E-state index is 0.0634. The van der Waals surface area contributed by atoms with Crippen LogP contribution in [0.25, 0.3) is 0 Å². The van der Waals surface area contributed by atoms with Gasteiger partial charge in [-0.25, -0.2) is 4.79 Å². The van der Waals surface area contributed by atoms with Gasteiger partial charge in [0.05, 0.1) is 12.2 Å². The number of aromatic nitrogens is 1. The van der Waals surface area contributed by atoms with Crippen molar-refractivity contribution in [2.24, 2.45) is 0 Å². The molecule has 20 heavy (non-hydrogen) atoms. The minimum atomic E-state index is -0.470. The second kappa shape index (κ2) is 5.91. The number of rotatable bonds is 3. The van der Waals surface area contributed by atoms with Crippen molar-refractivity contribution in [3.05, 3.63) is 18.5 Å². The van der Waals surface area contributed by atoms with Crippen LogP contribution in [0.1, 0.15) is 27.2 Å². The fraction of sp³-hybridized carbons (Fsp3) is 0.571. The third-order valence-electron chi connectivity index (χ3n) is 2.91. The average Bonchev–Trinajstić information content (AvgIpc) is 2.24. The first-order valence-electron chi connectivity index (χ1n) is 6.61. The van der Waals surface area contributed by atoms with Gasteiger partial charge in [0, 0.05) is 17.6 Å². The molecule has 0 N–H and O–H groups in total. The van der Waals surface area contributed by atoms with Crippen molar-refractivity contribution < 1.29 is 14.3 Å². The first-order valence-corrected chi connectivity index (χ1v) is 7.06. The van der Waals surface area contributed by atoms with Crippen LogP contribution in [0.2, 0.25) is 0 Å². The standard InChI is InChI=1S/C14H20N2O3S/c1-14(2,3)19-13(17)16-5-4-10(16)9-18-11-6-12(20)8-15-7-11/h6-8,10,20H,4-5,9H2,1-3H3/t10-/m1/s1. The molecule has 1 atom stereocenters. The molecule has 6 heteroatoms. The van der Waals surface area contributed by atoms with E-state index in [1.807, 2.05) is 20.8 Å². The number of hydrogen-bond acceptors (Lipinski definition) is 5. The number of ether oxygens (including phenoxy) is 2. The number of likely N-dealkylation sites (tertiary alicyclic amines) is 1. The van der Waals surface area contributed by atoms with E-state index in [4.69, 9.17) is 9.47 Å². The second-order valence-electron chi connectivity index (χ2n) is 5.81. The van der Waals surface area contributed by atoms with Gasteiger partial charge in [0.2, 0.25) is 0 Å². The van der Waals surface area contributed by atoms with E-state index >= 15 is 0 Å². The van der Waals surface area contributed by atoms with E-state index < -0.39 is 5.60 Å². The molecule has 0 aromatic carbocycles. The van der Waals surface area contributed by atoms with Crippen LogP contribution in [0.4, 0.5) is 4.79 Å². The Bertz CT molecular complexity index is 488. The zero-order valence-corrected chi connectivity index (χ0v) is 12.9. The van der Waals surface area contributed by atoms with Crippen LogP contribution in [0.5, 0.6) is 5.75 Å². The van der Waals surface area contributed by atoms with Gasteiger partial charge in [-0.3, -0.25) is 4.98 Å². The van der Waals surface area contributed by atoms with Crippen LogP contribution in [0.3, 0.4) is 0 Å². The van der Waals surface area contributed by atoms with Gasteiger partial charge in [-0.2, -0.15) is 0 Å². The zero-order valence-electron chi connectivity index (χ0n) is 12.0. The summed E-state index contributed by atoms with van der Waals surface area (Å²) in [6.45, 7) is 6.74. The predicted molar refractivity (Wildman–Crippen MR) is 78.3 cm³/mol. The van der Waals surface area contributed by atoms with E-state index in [1.54, 1.807) is 23.4 Å². The van der Waals surface area contributed by atoms with Gasteiger partial charge in [-0.15, -0.1) is 12.6 Å². The molecule has 1 saturated heterocycles. The Balaban J connectivity index is 1.84. The molecule has 110 valence electrons. The summed E-state index contributed by atoms with van der Waals surface area (Å²) >= 11 is 4.21. The fourth-order valence-corrected chi connectivity index (χ4v) is 2.05. The highest BCUT2D eigenvalue weighted by molar-refractivity contribution is 7.80. The Morgan fingerprint density at radius 2 is 2.25 bits per heavy atom. The summed E-state index contributed by atoms with van der Waals surface area (Å²) in [6.07, 6.45) is 3.92. The number of thiol groups is 1. The zero-order chi connectivity index (χ0) is 14.8. The quantitative estimate of drug-likeness (QED) is 0.871. The monoisotopic (exact) mass is 296 g/mol. The Morgan fingerprint density at radius 1 is 1.50 bits per heavy atom. The van der Waals surface area contributed by atoms with Gasteiger partial charge in [0.25, 0.3) is 0 Å². The van der Waals surface area contributed by atoms with E-state index in [-0.39, 0.29) is 12.1 Å². The van der Waals surface area contributed by atoms with Gasteiger partial charge in [-0.1, -0.05) is 0 Å². The molecule has 0 unspecified atom stereocenters. The molecule has 2 heterocycles. The van der Waals surface area contributed by atoms with Gasteiger partial charge in [0.1, 0.15) is 18.0 Å². The number of pyridine rings is 1. The molecule has 1 fully saturated rings. The third kappa shape index (κ3) is 4.03. The van der Waals surface area contributed by atoms with Crippen LogP contribution in [0, 0.1) is 0 Å². The predicted octanol–water partition coefficient (Wildman–Crippen LogP) is 2.76. The summed E-state index contributed by atoms with van der Waals surface area (Å²) in [6, 6.07) is 1.86. The number of carbonyl (C=O) groups is 1. The van der Waals surface area contributed by atoms with E-state index in [0.29, 0.717) is 18.9 Å². The molecule has 5 nitrogen and oxygen atoms in total. The summed E-state index contributed by atoms with van der Waals surface area (Å²) in [7, 11) is 0. The lowest BCUT2D eigenvalue weighted by atomic mass is 10.1. The number of carbonyl (C=O) groups excluding carboxylic acids is 1. The Hall–Kier alpha value is -1.43. The van der Waals surface area contributed by atoms with Crippen molar-refractivity contribution in [1.29, 1.82) is 0 Å². The SMILES string of the molecule is CC(C)(C)OC(=O)N1CC[C@@H]1COc1cncc(S)c1. The molecule has 0 radical (unpaired) electrons. The topological polar surface area (TPSA) is 51.7 Å².